The summed E-state index contributed by atoms with van der Waals surface area (Å²) >= 11 is 4.04. The number of halogens is 1. The molecule has 1 amide bonds. The molecule has 1 unspecified atom stereocenters. The lowest BCUT2D eigenvalue weighted by Gasteiger charge is -1.99. The van der Waals surface area contributed by atoms with E-state index in [1.165, 1.54) is 6.07 Å². The van der Waals surface area contributed by atoms with Crippen molar-refractivity contribution in [2.45, 2.75) is 5.25 Å². The number of hydrogen-bond donors (Lipinski definition) is 2. The van der Waals surface area contributed by atoms with Crippen LogP contribution in [0.4, 0.5) is 10.1 Å². The van der Waals surface area contributed by atoms with Gasteiger partial charge in [-0.05, 0) is 6.07 Å². The fourth-order valence-electron chi connectivity index (χ4n) is 1.23. The van der Waals surface area contributed by atoms with Crippen LogP contribution in [0.5, 0.6) is 0 Å². The molecule has 0 saturated carbocycles. The number of carbonyl (C=O) groups is 1. The molecule has 0 fully saturated rings. The summed E-state index contributed by atoms with van der Waals surface area (Å²) < 4.78 is 13.0. The Hall–Kier alpha value is -1.03. The number of benzene rings is 1. The van der Waals surface area contributed by atoms with Gasteiger partial charge in [0.05, 0.1) is 5.69 Å². The first-order chi connectivity index (χ1) is 5.70. The summed E-state index contributed by atoms with van der Waals surface area (Å²) in [4.78, 5) is 11.0. The molecule has 0 aliphatic carbocycles. The fraction of sp³-hybridized carbons (Fsp3) is 0.125. The second-order valence-electron chi connectivity index (χ2n) is 2.60. The molecule has 0 bridgehead atoms. The van der Waals surface area contributed by atoms with Crippen molar-refractivity contribution >= 4 is 24.2 Å². The highest BCUT2D eigenvalue weighted by Crippen LogP contribution is 2.36. The number of thiol groups is 1. The number of anilines is 1. The van der Waals surface area contributed by atoms with E-state index in [0.29, 0.717) is 5.56 Å². The second-order valence-corrected chi connectivity index (χ2v) is 3.11. The third-order valence-corrected chi connectivity index (χ3v) is 2.35. The normalized spacial score (nSPS) is 20.5. The molecule has 0 aromatic heterocycles. The van der Waals surface area contributed by atoms with E-state index in [0.717, 1.165) is 0 Å². The highest BCUT2D eigenvalue weighted by molar-refractivity contribution is 7.81. The van der Waals surface area contributed by atoms with Gasteiger partial charge in [-0.2, -0.15) is 12.6 Å². The lowest BCUT2D eigenvalue weighted by atomic mass is 10.1. The third-order valence-electron chi connectivity index (χ3n) is 1.84. The Morgan fingerprint density at radius 1 is 1.50 bits per heavy atom. The molecule has 12 heavy (non-hydrogen) atoms. The Balaban J connectivity index is 2.60. The third kappa shape index (κ3) is 0.914. The van der Waals surface area contributed by atoms with Gasteiger partial charge in [0.25, 0.3) is 0 Å². The molecule has 1 atom stereocenters. The molecular weight excluding hydrogens is 177 g/mol. The maximum atomic E-state index is 13.0. The minimum absolute atomic E-state index is 0.265. The molecule has 1 aliphatic rings. The van der Waals surface area contributed by atoms with Gasteiger partial charge in [0.15, 0.2) is 0 Å². The largest absolute Gasteiger partial charge is 0.322 e. The van der Waals surface area contributed by atoms with Crippen LogP contribution in [0.25, 0.3) is 0 Å². The molecule has 2 rings (SSSR count). The van der Waals surface area contributed by atoms with E-state index < -0.39 is 11.1 Å². The van der Waals surface area contributed by atoms with E-state index in [1.807, 2.05) is 0 Å². The number of nitrogens with one attached hydrogen (secondary N) is 1. The molecule has 1 aromatic carbocycles. The van der Waals surface area contributed by atoms with Gasteiger partial charge in [-0.25, -0.2) is 4.39 Å². The Morgan fingerprint density at radius 3 is 2.92 bits per heavy atom. The van der Waals surface area contributed by atoms with Gasteiger partial charge in [0.2, 0.25) is 5.91 Å². The lowest BCUT2D eigenvalue weighted by Crippen LogP contribution is -2.07. The number of rotatable bonds is 0. The Bertz CT molecular complexity index is 353. The molecule has 1 aromatic rings. The minimum atomic E-state index is -0.532. The maximum absolute atomic E-state index is 13.0. The first-order valence-electron chi connectivity index (χ1n) is 3.47. The van der Waals surface area contributed by atoms with E-state index in [9.17, 15) is 9.18 Å². The Kier molecular flexibility index (Phi) is 1.58. The van der Waals surface area contributed by atoms with E-state index in [1.54, 1.807) is 12.1 Å². The van der Waals surface area contributed by atoms with E-state index >= 15 is 0 Å². The first kappa shape index (κ1) is 7.61. The van der Waals surface area contributed by atoms with Crippen molar-refractivity contribution in [3.63, 3.8) is 0 Å². The summed E-state index contributed by atoms with van der Waals surface area (Å²) in [7, 11) is 0. The van der Waals surface area contributed by atoms with Crippen LogP contribution in [0.1, 0.15) is 10.8 Å². The zero-order valence-corrected chi connectivity index (χ0v) is 6.94. The lowest BCUT2D eigenvalue weighted by molar-refractivity contribution is -0.115. The summed E-state index contributed by atoms with van der Waals surface area (Å²) in [6, 6.07) is 4.57. The van der Waals surface area contributed by atoms with Crippen molar-refractivity contribution in [2.75, 3.05) is 5.32 Å². The molecule has 0 saturated heterocycles. The van der Waals surface area contributed by atoms with E-state index in [2.05, 4.69) is 17.9 Å². The topological polar surface area (TPSA) is 29.1 Å². The van der Waals surface area contributed by atoms with Crippen molar-refractivity contribution in [3.05, 3.63) is 29.6 Å². The summed E-state index contributed by atoms with van der Waals surface area (Å²) in [6.45, 7) is 0. The van der Waals surface area contributed by atoms with Crippen molar-refractivity contribution in [1.82, 2.24) is 0 Å². The van der Waals surface area contributed by atoms with Crippen molar-refractivity contribution in [2.24, 2.45) is 0 Å². The van der Waals surface area contributed by atoms with Crippen LogP contribution in [0, 0.1) is 5.82 Å². The highest BCUT2D eigenvalue weighted by Gasteiger charge is 2.29. The monoisotopic (exact) mass is 183 g/mol. The van der Waals surface area contributed by atoms with E-state index in [4.69, 9.17) is 0 Å². The summed E-state index contributed by atoms with van der Waals surface area (Å²) in [6.07, 6.45) is 0. The summed E-state index contributed by atoms with van der Waals surface area (Å²) in [5.74, 6) is -0.671. The summed E-state index contributed by atoms with van der Waals surface area (Å²) in [5, 5.41) is 1.89. The van der Waals surface area contributed by atoms with Crippen LogP contribution < -0.4 is 5.32 Å². The van der Waals surface area contributed by atoms with Gasteiger partial charge in [-0.1, -0.05) is 12.1 Å². The van der Waals surface area contributed by atoms with Gasteiger partial charge in [-0.15, -0.1) is 0 Å². The number of hydrogen-bond acceptors (Lipinski definition) is 2. The first-order valence-corrected chi connectivity index (χ1v) is 3.99. The predicted octanol–water partition coefficient (Wildman–Crippen LogP) is 1.75. The molecule has 1 heterocycles. The number of amides is 1. The van der Waals surface area contributed by atoms with Crippen LogP contribution in [0.2, 0.25) is 0 Å². The van der Waals surface area contributed by atoms with Crippen molar-refractivity contribution in [1.29, 1.82) is 0 Å². The van der Waals surface area contributed by atoms with Gasteiger partial charge in [-0.3, -0.25) is 4.79 Å². The number of para-hydroxylation sites is 1. The molecular formula is C8H6FNOS. The molecule has 4 heteroatoms. The van der Waals surface area contributed by atoms with Crippen molar-refractivity contribution in [3.8, 4) is 0 Å². The Morgan fingerprint density at radius 2 is 2.25 bits per heavy atom. The molecule has 1 aliphatic heterocycles. The summed E-state index contributed by atoms with van der Waals surface area (Å²) in [5.41, 5.74) is 0.880. The van der Waals surface area contributed by atoms with Crippen LogP contribution in [-0.4, -0.2) is 5.91 Å². The van der Waals surface area contributed by atoms with Gasteiger partial charge < -0.3 is 5.32 Å². The second kappa shape index (κ2) is 2.48. The average Bonchev–Trinajstić information content (AvgIpc) is 2.32. The van der Waals surface area contributed by atoms with Gasteiger partial charge >= 0.3 is 0 Å². The van der Waals surface area contributed by atoms with E-state index in [-0.39, 0.29) is 11.6 Å². The highest BCUT2D eigenvalue weighted by atomic mass is 32.1. The molecule has 62 valence electrons. The van der Waals surface area contributed by atoms with Crippen molar-refractivity contribution < 1.29 is 9.18 Å². The minimum Gasteiger partial charge on any atom is -0.322 e. The smallest absolute Gasteiger partial charge is 0.241 e. The zero-order chi connectivity index (χ0) is 8.72. The van der Waals surface area contributed by atoms with Crippen LogP contribution in [0.15, 0.2) is 18.2 Å². The van der Waals surface area contributed by atoms with Crippen LogP contribution >= 0.6 is 12.6 Å². The molecule has 1 N–H and O–H groups in total. The Labute approximate surface area is 74.2 Å². The number of carbonyl (C=O) groups excluding carboxylic acids is 1. The SMILES string of the molecule is O=C1Nc2c(F)cccc2C1S. The molecule has 2 nitrogen and oxygen atoms in total. The van der Waals surface area contributed by atoms with Gasteiger partial charge in [0, 0.05) is 5.56 Å². The van der Waals surface area contributed by atoms with Crippen LogP contribution in [0.3, 0.4) is 0 Å². The van der Waals surface area contributed by atoms with Gasteiger partial charge in [0.1, 0.15) is 11.1 Å². The average molecular weight is 183 g/mol. The molecule has 0 spiro atoms. The number of fused-ring (bicyclic) bond motifs is 1. The fourth-order valence-corrected chi connectivity index (χ4v) is 1.51. The zero-order valence-electron chi connectivity index (χ0n) is 6.04. The van der Waals surface area contributed by atoms with Crippen LogP contribution in [-0.2, 0) is 4.79 Å². The quantitative estimate of drug-likeness (QED) is 0.589. The standard InChI is InChI=1S/C8H6FNOS/c9-5-3-1-2-4-6(5)10-8(11)7(4)12/h1-3,7,12H,(H,10,11). The molecule has 0 radical (unpaired) electrons. The maximum Gasteiger partial charge on any atom is 0.241 e. The predicted molar refractivity (Wildman–Crippen MR) is 46.8 cm³/mol.